The number of rotatable bonds is 2. The lowest BCUT2D eigenvalue weighted by Gasteiger charge is -2.05. The van der Waals surface area contributed by atoms with Crippen LogP contribution in [0.1, 0.15) is 10.4 Å². The number of fused-ring (bicyclic) bond motifs is 1. The maximum atomic E-state index is 12.2. The highest BCUT2D eigenvalue weighted by Gasteiger charge is 2.13. The van der Waals surface area contributed by atoms with Crippen molar-refractivity contribution in [3.63, 3.8) is 0 Å². The van der Waals surface area contributed by atoms with E-state index >= 15 is 0 Å². The van der Waals surface area contributed by atoms with Gasteiger partial charge in [-0.2, -0.15) is 9.97 Å². The number of carbonyl (C=O) groups excluding carboxylic acids is 1. The molecule has 0 saturated heterocycles. The van der Waals surface area contributed by atoms with E-state index in [0.29, 0.717) is 16.7 Å². The van der Waals surface area contributed by atoms with Crippen molar-refractivity contribution in [1.29, 1.82) is 0 Å². The van der Waals surface area contributed by atoms with Crippen molar-refractivity contribution in [3.05, 3.63) is 44.2 Å². The summed E-state index contributed by atoms with van der Waals surface area (Å²) < 4.78 is 1.56. The van der Waals surface area contributed by atoms with Crippen LogP contribution >= 0.6 is 43.5 Å². The van der Waals surface area contributed by atoms with Crippen LogP contribution in [-0.4, -0.2) is 25.8 Å². The fourth-order valence-corrected chi connectivity index (χ4v) is 3.23. The van der Waals surface area contributed by atoms with Crippen LogP contribution in [0.15, 0.2) is 33.5 Å². The highest BCUT2D eigenvalue weighted by Crippen LogP contribution is 2.22. The van der Waals surface area contributed by atoms with Gasteiger partial charge in [0.25, 0.3) is 5.91 Å². The number of halogens is 3. The van der Waals surface area contributed by atoms with Crippen molar-refractivity contribution >= 4 is 66.5 Å². The number of amides is 1. The zero-order valence-corrected chi connectivity index (χ0v) is 14.1. The van der Waals surface area contributed by atoms with E-state index in [1.807, 2.05) is 6.07 Å². The van der Waals surface area contributed by atoms with E-state index in [-0.39, 0.29) is 17.0 Å². The molecule has 0 spiro atoms. The molecule has 1 amide bonds. The lowest BCUT2D eigenvalue weighted by atomic mass is 10.2. The summed E-state index contributed by atoms with van der Waals surface area (Å²) in [7, 11) is 0. The van der Waals surface area contributed by atoms with E-state index in [1.54, 1.807) is 12.1 Å². The van der Waals surface area contributed by atoms with Crippen molar-refractivity contribution in [1.82, 2.24) is 19.9 Å². The third-order valence-corrected chi connectivity index (χ3v) is 3.78. The number of imidazole rings is 1. The summed E-state index contributed by atoms with van der Waals surface area (Å²) in [4.78, 5) is 27.1. The first-order valence-electron chi connectivity index (χ1n) is 5.67. The number of hydrogen-bond donors (Lipinski definition) is 2. The molecule has 0 saturated carbocycles. The van der Waals surface area contributed by atoms with E-state index in [9.17, 15) is 4.79 Å². The number of aromatic amines is 1. The molecule has 0 radical (unpaired) electrons. The van der Waals surface area contributed by atoms with Crippen molar-refractivity contribution < 1.29 is 4.79 Å². The fraction of sp³-hybridized carbons (Fsp3) is 0. The molecule has 21 heavy (non-hydrogen) atoms. The molecule has 106 valence electrons. The lowest BCUT2D eigenvalue weighted by Crippen LogP contribution is -2.14. The largest absolute Gasteiger partial charge is 0.341 e. The Hall–Kier alpha value is -1.51. The predicted molar refractivity (Wildman–Crippen MR) is 86.5 cm³/mol. The quantitative estimate of drug-likeness (QED) is 0.605. The van der Waals surface area contributed by atoms with Crippen molar-refractivity contribution in [3.8, 4) is 0 Å². The monoisotopic (exact) mass is 429 g/mol. The number of anilines is 1. The van der Waals surface area contributed by atoms with Crippen LogP contribution < -0.4 is 5.32 Å². The average molecular weight is 431 g/mol. The van der Waals surface area contributed by atoms with E-state index < -0.39 is 0 Å². The maximum absolute atomic E-state index is 12.2. The van der Waals surface area contributed by atoms with Gasteiger partial charge in [0.05, 0.1) is 6.33 Å². The topological polar surface area (TPSA) is 83.6 Å². The third-order valence-electron chi connectivity index (χ3n) is 2.59. The van der Waals surface area contributed by atoms with Gasteiger partial charge in [0.1, 0.15) is 5.52 Å². The molecule has 0 bridgehead atoms. The Morgan fingerprint density at radius 3 is 2.62 bits per heavy atom. The van der Waals surface area contributed by atoms with Gasteiger partial charge in [-0.3, -0.25) is 10.1 Å². The van der Waals surface area contributed by atoms with Gasteiger partial charge < -0.3 is 4.98 Å². The average Bonchev–Trinajstić information content (AvgIpc) is 2.86. The maximum Gasteiger partial charge on any atom is 0.258 e. The van der Waals surface area contributed by atoms with E-state index in [1.165, 1.54) is 6.33 Å². The second-order valence-electron chi connectivity index (χ2n) is 4.05. The van der Waals surface area contributed by atoms with Crippen LogP contribution in [0, 0.1) is 0 Å². The first-order valence-corrected chi connectivity index (χ1v) is 7.63. The SMILES string of the molecule is O=C(Nc1nc(Cl)c2[nH]cnc2n1)c1cc(Br)cc(Br)c1. The molecular formula is C12H6Br2ClN5O. The predicted octanol–water partition coefficient (Wildman–Crippen LogP) is 3.78. The van der Waals surface area contributed by atoms with Gasteiger partial charge in [0.2, 0.25) is 5.95 Å². The molecule has 0 aliphatic carbocycles. The minimum absolute atomic E-state index is 0.0979. The molecule has 3 aromatic rings. The van der Waals surface area contributed by atoms with E-state index in [0.717, 1.165) is 8.95 Å². The Kier molecular flexibility index (Phi) is 3.92. The molecule has 2 N–H and O–H groups in total. The second-order valence-corrected chi connectivity index (χ2v) is 6.24. The Morgan fingerprint density at radius 1 is 1.19 bits per heavy atom. The zero-order valence-electron chi connectivity index (χ0n) is 10.2. The Balaban J connectivity index is 1.92. The number of H-pyrrole nitrogens is 1. The smallest absolute Gasteiger partial charge is 0.258 e. The number of carbonyl (C=O) groups is 1. The molecule has 0 aliphatic rings. The van der Waals surface area contributed by atoms with Crippen LogP contribution in [0.2, 0.25) is 5.15 Å². The summed E-state index contributed by atoms with van der Waals surface area (Å²) in [5, 5.41) is 2.79. The molecule has 2 heterocycles. The number of nitrogens with zero attached hydrogens (tertiary/aromatic N) is 3. The van der Waals surface area contributed by atoms with Crippen LogP contribution in [0.4, 0.5) is 5.95 Å². The number of benzene rings is 1. The third kappa shape index (κ3) is 3.07. The first kappa shape index (κ1) is 14.4. The Bertz CT molecular complexity index is 831. The summed E-state index contributed by atoms with van der Waals surface area (Å²) in [6.45, 7) is 0. The van der Waals surface area contributed by atoms with Gasteiger partial charge in [-0.25, -0.2) is 4.98 Å². The van der Waals surface area contributed by atoms with Crippen molar-refractivity contribution in [2.24, 2.45) is 0 Å². The van der Waals surface area contributed by atoms with Gasteiger partial charge in [0, 0.05) is 14.5 Å². The molecule has 0 fully saturated rings. The highest BCUT2D eigenvalue weighted by molar-refractivity contribution is 9.11. The zero-order chi connectivity index (χ0) is 15.0. The number of nitrogens with one attached hydrogen (secondary N) is 2. The molecule has 2 aromatic heterocycles. The van der Waals surface area contributed by atoms with Gasteiger partial charge >= 0.3 is 0 Å². The molecule has 9 heteroatoms. The summed E-state index contributed by atoms with van der Waals surface area (Å²) in [5.74, 6) is -0.247. The highest BCUT2D eigenvalue weighted by atomic mass is 79.9. The molecule has 0 unspecified atom stereocenters. The summed E-state index contributed by atoms with van der Waals surface area (Å²) >= 11 is 12.7. The standard InChI is InChI=1S/C12H6Br2ClN5O/c13-6-1-5(2-7(14)3-6)11(21)20-12-18-9(15)8-10(19-12)17-4-16-8/h1-4H,(H2,16,17,18,19,20,21). The minimum atomic E-state index is -0.344. The first-order chi connectivity index (χ1) is 10.0. The van der Waals surface area contributed by atoms with Crippen LogP contribution in [0.5, 0.6) is 0 Å². The van der Waals surface area contributed by atoms with Gasteiger partial charge in [-0.15, -0.1) is 0 Å². The van der Waals surface area contributed by atoms with Crippen molar-refractivity contribution in [2.75, 3.05) is 5.32 Å². The van der Waals surface area contributed by atoms with Crippen LogP contribution in [-0.2, 0) is 0 Å². The minimum Gasteiger partial charge on any atom is -0.341 e. The second kappa shape index (κ2) is 5.70. The number of hydrogen-bond acceptors (Lipinski definition) is 4. The van der Waals surface area contributed by atoms with E-state index in [2.05, 4.69) is 57.1 Å². The Labute approximate surface area is 140 Å². The molecule has 1 aromatic carbocycles. The van der Waals surface area contributed by atoms with Gasteiger partial charge in [-0.05, 0) is 18.2 Å². The van der Waals surface area contributed by atoms with Crippen LogP contribution in [0.3, 0.4) is 0 Å². The van der Waals surface area contributed by atoms with Crippen LogP contribution in [0.25, 0.3) is 11.2 Å². The van der Waals surface area contributed by atoms with Gasteiger partial charge in [0.15, 0.2) is 10.8 Å². The fourth-order valence-electron chi connectivity index (χ4n) is 1.71. The molecule has 3 rings (SSSR count). The molecule has 0 aliphatic heterocycles. The molecule has 0 atom stereocenters. The lowest BCUT2D eigenvalue weighted by molar-refractivity contribution is 0.102. The van der Waals surface area contributed by atoms with Crippen molar-refractivity contribution in [2.45, 2.75) is 0 Å². The summed E-state index contributed by atoms with van der Waals surface area (Å²) in [6.07, 6.45) is 1.46. The molecular weight excluding hydrogens is 425 g/mol. The summed E-state index contributed by atoms with van der Waals surface area (Å²) in [6, 6.07) is 5.21. The molecule has 6 nitrogen and oxygen atoms in total. The Morgan fingerprint density at radius 2 is 1.90 bits per heavy atom. The summed E-state index contributed by atoms with van der Waals surface area (Å²) in [5.41, 5.74) is 1.37. The van der Waals surface area contributed by atoms with E-state index in [4.69, 9.17) is 11.6 Å². The normalized spacial score (nSPS) is 10.8. The van der Waals surface area contributed by atoms with Gasteiger partial charge in [-0.1, -0.05) is 43.5 Å². The number of aromatic nitrogens is 4.